The van der Waals surface area contributed by atoms with Gasteiger partial charge in [0.25, 0.3) is 5.91 Å². The predicted octanol–water partition coefficient (Wildman–Crippen LogP) is 3.77. The molecule has 28 heavy (non-hydrogen) atoms. The SMILES string of the molecule is COCNC(=O)c1cn(-c2cccc(-c3ccccc3OC(F)(F)F)c2)cn1. The number of nitrogens with zero attached hydrogens (tertiary/aromatic N) is 2. The number of amides is 1. The highest BCUT2D eigenvalue weighted by Gasteiger charge is 2.32. The minimum Gasteiger partial charge on any atom is -0.405 e. The Hall–Kier alpha value is -3.33. The zero-order valence-corrected chi connectivity index (χ0v) is 14.7. The van der Waals surface area contributed by atoms with Crippen molar-refractivity contribution in [2.24, 2.45) is 0 Å². The summed E-state index contributed by atoms with van der Waals surface area (Å²) in [4.78, 5) is 16.0. The van der Waals surface area contributed by atoms with Crippen molar-refractivity contribution < 1.29 is 27.4 Å². The molecule has 0 aliphatic heterocycles. The lowest BCUT2D eigenvalue weighted by atomic mass is 10.0. The number of halogens is 3. The molecule has 0 spiro atoms. The van der Waals surface area contributed by atoms with E-state index in [1.54, 1.807) is 34.9 Å². The number of nitrogens with one attached hydrogen (secondary N) is 1. The molecule has 1 N–H and O–H groups in total. The number of imidazole rings is 1. The van der Waals surface area contributed by atoms with Crippen molar-refractivity contribution in [2.75, 3.05) is 13.8 Å². The van der Waals surface area contributed by atoms with Crippen molar-refractivity contribution in [1.82, 2.24) is 14.9 Å². The maximum atomic E-state index is 12.7. The molecule has 1 amide bonds. The highest BCUT2D eigenvalue weighted by atomic mass is 19.4. The van der Waals surface area contributed by atoms with Gasteiger partial charge in [0.15, 0.2) is 0 Å². The molecule has 6 nitrogen and oxygen atoms in total. The maximum Gasteiger partial charge on any atom is 0.573 e. The van der Waals surface area contributed by atoms with Crippen LogP contribution in [0.4, 0.5) is 13.2 Å². The zero-order valence-electron chi connectivity index (χ0n) is 14.7. The molecule has 3 aromatic rings. The van der Waals surface area contributed by atoms with Gasteiger partial charge < -0.3 is 19.4 Å². The fourth-order valence-electron chi connectivity index (χ4n) is 2.56. The molecule has 1 heterocycles. The third kappa shape index (κ3) is 4.68. The van der Waals surface area contributed by atoms with Crippen LogP contribution in [0.25, 0.3) is 16.8 Å². The summed E-state index contributed by atoms with van der Waals surface area (Å²) in [6, 6.07) is 12.7. The van der Waals surface area contributed by atoms with Crippen LogP contribution in [0.5, 0.6) is 5.75 Å². The van der Waals surface area contributed by atoms with Gasteiger partial charge in [0.1, 0.15) is 24.5 Å². The average Bonchev–Trinajstić information content (AvgIpc) is 3.16. The van der Waals surface area contributed by atoms with Gasteiger partial charge in [-0.2, -0.15) is 0 Å². The molecule has 0 radical (unpaired) electrons. The van der Waals surface area contributed by atoms with Crippen LogP contribution in [0, 0.1) is 0 Å². The third-order valence-corrected chi connectivity index (χ3v) is 3.76. The van der Waals surface area contributed by atoms with Crippen molar-refractivity contribution in [3.8, 4) is 22.6 Å². The number of benzene rings is 2. The van der Waals surface area contributed by atoms with Gasteiger partial charge in [-0.25, -0.2) is 4.98 Å². The number of aromatic nitrogens is 2. The van der Waals surface area contributed by atoms with Gasteiger partial charge >= 0.3 is 6.36 Å². The van der Waals surface area contributed by atoms with E-state index in [1.807, 2.05) is 0 Å². The fourth-order valence-corrected chi connectivity index (χ4v) is 2.56. The normalized spacial score (nSPS) is 11.3. The van der Waals surface area contributed by atoms with Crippen LogP contribution < -0.4 is 10.1 Å². The molecule has 0 saturated heterocycles. The zero-order chi connectivity index (χ0) is 20.1. The number of hydrogen-bond donors (Lipinski definition) is 1. The Labute approximate surface area is 158 Å². The maximum absolute atomic E-state index is 12.7. The monoisotopic (exact) mass is 391 g/mol. The van der Waals surface area contributed by atoms with Crippen LogP contribution in [0.1, 0.15) is 10.5 Å². The number of hydrogen-bond acceptors (Lipinski definition) is 4. The van der Waals surface area contributed by atoms with Gasteiger partial charge in [-0.3, -0.25) is 4.79 Å². The van der Waals surface area contributed by atoms with Crippen molar-refractivity contribution in [2.45, 2.75) is 6.36 Å². The summed E-state index contributed by atoms with van der Waals surface area (Å²) in [5.74, 6) is -0.696. The largest absolute Gasteiger partial charge is 0.573 e. The molecule has 146 valence electrons. The molecular formula is C19H16F3N3O3. The number of methoxy groups -OCH3 is 1. The third-order valence-electron chi connectivity index (χ3n) is 3.76. The Balaban J connectivity index is 1.90. The smallest absolute Gasteiger partial charge is 0.405 e. The van der Waals surface area contributed by atoms with Crippen molar-refractivity contribution >= 4 is 5.91 Å². The van der Waals surface area contributed by atoms with E-state index in [-0.39, 0.29) is 18.2 Å². The van der Waals surface area contributed by atoms with Crippen molar-refractivity contribution in [3.05, 3.63) is 66.7 Å². The Morgan fingerprint density at radius 1 is 1.18 bits per heavy atom. The molecule has 0 unspecified atom stereocenters. The van der Waals surface area contributed by atoms with Gasteiger partial charge in [0.2, 0.25) is 0 Å². The van der Waals surface area contributed by atoms with E-state index < -0.39 is 12.3 Å². The van der Waals surface area contributed by atoms with E-state index >= 15 is 0 Å². The highest BCUT2D eigenvalue weighted by molar-refractivity contribution is 5.92. The lowest BCUT2D eigenvalue weighted by Crippen LogP contribution is -2.25. The minimum absolute atomic E-state index is 0.0527. The molecule has 1 aromatic heterocycles. The Morgan fingerprint density at radius 2 is 1.96 bits per heavy atom. The molecule has 0 atom stereocenters. The van der Waals surface area contributed by atoms with E-state index in [0.717, 1.165) is 0 Å². The van der Waals surface area contributed by atoms with Gasteiger partial charge in [-0.1, -0.05) is 30.3 Å². The number of ether oxygens (including phenoxy) is 2. The molecule has 9 heteroatoms. The van der Waals surface area contributed by atoms with Gasteiger partial charge in [-0.05, 0) is 23.8 Å². The highest BCUT2D eigenvalue weighted by Crippen LogP contribution is 2.34. The summed E-state index contributed by atoms with van der Waals surface area (Å²) >= 11 is 0. The summed E-state index contributed by atoms with van der Waals surface area (Å²) in [6.07, 6.45) is -1.83. The number of alkyl halides is 3. The first-order valence-corrected chi connectivity index (χ1v) is 8.14. The van der Waals surface area contributed by atoms with E-state index in [9.17, 15) is 18.0 Å². The molecule has 0 bridgehead atoms. The molecule has 0 aliphatic rings. The predicted molar refractivity (Wildman–Crippen MR) is 95.0 cm³/mol. The summed E-state index contributed by atoms with van der Waals surface area (Å²) in [7, 11) is 1.45. The number of carbonyl (C=O) groups excluding carboxylic acids is 1. The first kappa shape index (κ1) is 19.4. The Kier molecular flexibility index (Phi) is 5.65. The van der Waals surface area contributed by atoms with Crippen molar-refractivity contribution in [1.29, 1.82) is 0 Å². The number of rotatable bonds is 6. The first-order valence-electron chi connectivity index (χ1n) is 8.14. The summed E-state index contributed by atoms with van der Waals surface area (Å²) in [5, 5.41) is 2.52. The fraction of sp³-hybridized carbons (Fsp3) is 0.158. The molecule has 2 aromatic carbocycles. The van der Waals surface area contributed by atoms with Crippen LogP contribution in [0.2, 0.25) is 0 Å². The molecule has 0 fully saturated rings. The standard InChI is InChI=1S/C19H16F3N3O3/c1-27-12-24-18(26)16-10-25(11-23-16)14-6-4-5-13(9-14)15-7-2-3-8-17(15)28-19(20,21)22/h2-11H,12H2,1H3,(H,24,26). The van der Waals surface area contributed by atoms with Crippen LogP contribution in [0.3, 0.4) is 0 Å². The van der Waals surface area contributed by atoms with Crippen LogP contribution in [-0.2, 0) is 4.74 Å². The molecule has 0 saturated carbocycles. The van der Waals surface area contributed by atoms with Gasteiger partial charge in [-0.15, -0.1) is 13.2 Å². The number of carbonyl (C=O) groups is 1. The van der Waals surface area contributed by atoms with E-state index in [0.29, 0.717) is 16.8 Å². The Bertz CT molecular complexity index is 970. The quantitative estimate of drug-likeness (QED) is 0.650. The second-order valence-corrected chi connectivity index (χ2v) is 5.70. The summed E-state index contributed by atoms with van der Waals surface area (Å²) in [5.41, 5.74) is 1.62. The lowest BCUT2D eigenvalue weighted by Gasteiger charge is -2.14. The van der Waals surface area contributed by atoms with Crippen molar-refractivity contribution in [3.63, 3.8) is 0 Å². The van der Waals surface area contributed by atoms with Crippen LogP contribution in [0.15, 0.2) is 61.1 Å². The number of para-hydroxylation sites is 1. The first-order chi connectivity index (χ1) is 13.4. The van der Waals surface area contributed by atoms with Gasteiger partial charge in [0, 0.05) is 24.6 Å². The Morgan fingerprint density at radius 3 is 2.71 bits per heavy atom. The molecule has 3 rings (SSSR count). The topological polar surface area (TPSA) is 65.4 Å². The van der Waals surface area contributed by atoms with E-state index in [2.05, 4.69) is 15.0 Å². The molecule has 0 aliphatic carbocycles. The summed E-state index contributed by atoms with van der Waals surface area (Å²) < 4.78 is 48.5. The second-order valence-electron chi connectivity index (χ2n) is 5.70. The van der Waals surface area contributed by atoms with Crippen LogP contribution >= 0.6 is 0 Å². The van der Waals surface area contributed by atoms with Gasteiger partial charge in [0.05, 0.1) is 0 Å². The average molecular weight is 391 g/mol. The second kappa shape index (κ2) is 8.13. The van der Waals surface area contributed by atoms with Crippen LogP contribution in [-0.4, -0.2) is 35.7 Å². The van der Waals surface area contributed by atoms with E-state index in [1.165, 1.54) is 37.8 Å². The summed E-state index contributed by atoms with van der Waals surface area (Å²) in [6.45, 7) is 0.0527. The van der Waals surface area contributed by atoms with E-state index in [4.69, 9.17) is 4.74 Å². The lowest BCUT2D eigenvalue weighted by molar-refractivity contribution is -0.274. The minimum atomic E-state index is -4.79. The molecular weight excluding hydrogens is 375 g/mol.